The van der Waals surface area contributed by atoms with E-state index in [2.05, 4.69) is 0 Å². The molecule has 3 rings (SSSR count). The summed E-state index contributed by atoms with van der Waals surface area (Å²) in [5.41, 5.74) is 1.25. The summed E-state index contributed by atoms with van der Waals surface area (Å²) in [5.74, 6) is 1.12. The van der Waals surface area contributed by atoms with Crippen molar-refractivity contribution in [3.05, 3.63) is 52.9 Å². The minimum Gasteiger partial charge on any atom is -0.508 e. The summed E-state index contributed by atoms with van der Waals surface area (Å²) < 4.78 is 11.0. The van der Waals surface area contributed by atoms with Gasteiger partial charge in [-0.3, -0.25) is 9.69 Å². The molecule has 2 aromatic rings. The molecule has 1 amide bonds. The molecule has 1 N–H and O–H groups in total. The van der Waals surface area contributed by atoms with Gasteiger partial charge in [0.05, 0.1) is 24.8 Å². The van der Waals surface area contributed by atoms with Gasteiger partial charge in [0.25, 0.3) is 5.91 Å². The van der Waals surface area contributed by atoms with Gasteiger partial charge in [-0.05, 0) is 36.4 Å². The molecule has 0 radical (unpaired) electrons. The summed E-state index contributed by atoms with van der Waals surface area (Å²) in [6.07, 6.45) is 1.73. The first-order valence-corrected chi connectivity index (χ1v) is 8.55. The van der Waals surface area contributed by atoms with Gasteiger partial charge in [-0.15, -0.1) is 0 Å². The summed E-state index contributed by atoms with van der Waals surface area (Å²) in [5, 5.41) is 9.64. The van der Waals surface area contributed by atoms with Gasteiger partial charge >= 0.3 is 0 Å². The fourth-order valence-electron chi connectivity index (χ4n) is 2.42. The van der Waals surface area contributed by atoms with Gasteiger partial charge in [-0.25, -0.2) is 0 Å². The molecule has 7 heteroatoms. The zero-order chi connectivity index (χ0) is 18.0. The monoisotopic (exact) mass is 373 g/mol. The van der Waals surface area contributed by atoms with Crippen LogP contribution >= 0.6 is 24.0 Å². The Morgan fingerprint density at radius 1 is 1.16 bits per heavy atom. The number of benzene rings is 2. The number of carbonyl (C=O) groups is 1. The van der Waals surface area contributed by atoms with Crippen LogP contribution < -0.4 is 14.4 Å². The number of methoxy groups -OCH3 is 2. The molecule has 0 aliphatic carbocycles. The number of hydrogen-bond acceptors (Lipinski definition) is 6. The van der Waals surface area contributed by atoms with Gasteiger partial charge in [-0.2, -0.15) is 0 Å². The molecule has 0 spiro atoms. The van der Waals surface area contributed by atoms with E-state index in [4.69, 9.17) is 21.7 Å². The largest absolute Gasteiger partial charge is 0.508 e. The van der Waals surface area contributed by atoms with Crippen LogP contribution in [-0.4, -0.2) is 29.6 Å². The van der Waals surface area contributed by atoms with Crippen molar-refractivity contribution in [1.82, 2.24) is 0 Å². The standard InChI is InChI=1S/C18H15NO4S2/c1-22-14-6-7-15(23-2)11(8-14)9-16-17(21)19(18(24)25-16)12-4-3-5-13(20)10-12/h3-10,20H,1-2H3/b16-9-. The number of carbonyl (C=O) groups excluding carboxylic acids is 1. The first-order chi connectivity index (χ1) is 12.0. The number of anilines is 1. The van der Waals surface area contributed by atoms with E-state index >= 15 is 0 Å². The molecule has 1 aliphatic heterocycles. The fourth-order valence-corrected chi connectivity index (χ4v) is 3.71. The Morgan fingerprint density at radius 2 is 1.96 bits per heavy atom. The molecule has 0 atom stereocenters. The maximum Gasteiger partial charge on any atom is 0.270 e. The molecule has 1 fully saturated rings. The van der Waals surface area contributed by atoms with Crippen LogP contribution in [0.2, 0.25) is 0 Å². The molecule has 0 saturated carbocycles. The highest BCUT2D eigenvalue weighted by Gasteiger charge is 2.33. The third-order valence-electron chi connectivity index (χ3n) is 3.61. The minimum absolute atomic E-state index is 0.0741. The smallest absolute Gasteiger partial charge is 0.270 e. The summed E-state index contributed by atoms with van der Waals surface area (Å²) in [4.78, 5) is 14.7. The van der Waals surface area contributed by atoms with Crippen LogP contribution in [0.25, 0.3) is 6.08 Å². The Balaban J connectivity index is 1.98. The Labute approximate surface area is 154 Å². The van der Waals surface area contributed by atoms with Crippen molar-refractivity contribution >= 4 is 46.0 Å². The molecular weight excluding hydrogens is 358 g/mol. The van der Waals surface area contributed by atoms with Crippen molar-refractivity contribution in [2.45, 2.75) is 0 Å². The second-order valence-electron chi connectivity index (χ2n) is 5.14. The van der Waals surface area contributed by atoms with Crippen molar-refractivity contribution in [2.75, 3.05) is 19.1 Å². The minimum atomic E-state index is -0.245. The predicted molar refractivity (Wildman–Crippen MR) is 103 cm³/mol. The second-order valence-corrected chi connectivity index (χ2v) is 6.82. The normalized spacial score (nSPS) is 15.8. The van der Waals surface area contributed by atoms with E-state index in [0.717, 1.165) is 5.56 Å². The molecule has 128 valence electrons. The molecular formula is C18H15NO4S2. The molecule has 5 nitrogen and oxygen atoms in total. The average molecular weight is 373 g/mol. The highest BCUT2D eigenvalue weighted by Crippen LogP contribution is 2.38. The van der Waals surface area contributed by atoms with Crippen LogP contribution in [0, 0.1) is 0 Å². The van der Waals surface area contributed by atoms with Crippen LogP contribution in [0.15, 0.2) is 47.4 Å². The lowest BCUT2D eigenvalue weighted by atomic mass is 10.1. The van der Waals surface area contributed by atoms with E-state index < -0.39 is 0 Å². The fraction of sp³-hybridized carbons (Fsp3) is 0.111. The Hall–Kier alpha value is -2.51. The van der Waals surface area contributed by atoms with Gasteiger partial charge in [0.2, 0.25) is 0 Å². The SMILES string of the molecule is COc1ccc(OC)c(/C=C2\SC(=S)N(c3cccc(O)c3)C2=O)c1. The number of rotatable bonds is 4. The highest BCUT2D eigenvalue weighted by molar-refractivity contribution is 8.27. The van der Waals surface area contributed by atoms with Crippen LogP contribution in [0.5, 0.6) is 17.2 Å². The van der Waals surface area contributed by atoms with Gasteiger partial charge in [0.1, 0.15) is 17.2 Å². The first-order valence-electron chi connectivity index (χ1n) is 7.32. The Kier molecular flexibility index (Phi) is 4.96. The summed E-state index contributed by atoms with van der Waals surface area (Å²) >= 11 is 6.54. The van der Waals surface area contributed by atoms with Crippen molar-refractivity contribution in [3.63, 3.8) is 0 Å². The van der Waals surface area contributed by atoms with E-state index in [9.17, 15) is 9.90 Å². The molecule has 1 saturated heterocycles. The molecule has 1 heterocycles. The lowest BCUT2D eigenvalue weighted by Gasteiger charge is -2.14. The van der Waals surface area contributed by atoms with Gasteiger partial charge < -0.3 is 14.6 Å². The van der Waals surface area contributed by atoms with Crippen LogP contribution in [0.4, 0.5) is 5.69 Å². The average Bonchev–Trinajstić information content (AvgIpc) is 2.88. The molecule has 2 aromatic carbocycles. The number of ether oxygens (including phenoxy) is 2. The number of thiocarbonyl (C=S) groups is 1. The molecule has 1 aliphatic rings. The van der Waals surface area contributed by atoms with E-state index in [1.165, 1.54) is 28.8 Å². The quantitative estimate of drug-likeness (QED) is 0.650. The number of amides is 1. The maximum atomic E-state index is 12.8. The first kappa shape index (κ1) is 17.3. The Morgan fingerprint density at radius 3 is 2.64 bits per heavy atom. The topological polar surface area (TPSA) is 59.0 Å². The number of aromatic hydroxyl groups is 1. The van der Waals surface area contributed by atoms with Crippen molar-refractivity contribution < 1.29 is 19.4 Å². The Bertz CT molecular complexity index is 879. The van der Waals surface area contributed by atoms with E-state index in [0.29, 0.717) is 26.4 Å². The van der Waals surface area contributed by atoms with Gasteiger partial charge in [0.15, 0.2) is 4.32 Å². The molecule has 0 aromatic heterocycles. The lowest BCUT2D eigenvalue weighted by molar-refractivity contribution is -0.113. The number of nitrogens with zero attached hydrogens (tertiary/aromatic N) is 1. The predicted octanol–water partition coefficient (Wildman–Crippen LogP) is 3.82. The molecule has 0 bridgehead atoms. The van der Waals surface area contributed by atoms with Crippen LogP contribution in [0.1, 0.15) is 5.56 Å². The molecule has 0 unspecified atom stereocenters. The number of hydrogen-bond donors (Lipinski definition) is 1. The lowest BCUT2D eigenvalue weighted by Crippen LogP contribution is -2.27. The van der Waals surface area contributed by atoms with Crippen molar-refractivity contribution in [2.24, 2.45) is 0 Å². The van der Waals surface area contributed by atoms with Crippen LogP contribution in [0.3, 0.4) is 0 Å². The summed E-state index contributed by atoms with van der Waals surface area (Å²) in [6, 6.07) is 11.8. The van der Waals surface area contributed by atoms with E-state index in [1.54, 1.807) is 50.6 Å². The zero-order valence-corrected chi connectivity index (χ0v) is 15.2. The third kappa shape index (κ3) is 3.47. The van der Waals surface area contributed by atoms with Gasteiger partial charge in [0, 0.05) is 11.6 Å². The number of thioether (sulfide) groups is 1. The second kappa shape index (κ2) is 7.16. The summed E-state index contributed by atoms with van der Waals surface area (Å²) in [7, 11) is 3.14. The van der Waals surface area contributed by atoms with Gasteiger partial charge in [-0.1, -0.05) is 30.0 Å². The number of phenolic OH excluding ortho intramolecular Hbond substituents is 1. The van der Waals surface area contributed by atoms with E-state index in [-0.39, 0.29) is 11.7 Å². The highest BCUT2D eigenvalue weighted by atomic mass is 32.2. The number of phenols is 1. The van der Waals surface area contributed by atoms with Crippen molar-refractivity contribution in [3.8, 4) is 17.2 Å². The third-order valence-corrected chi connectivity index (χ3v) is 4.91. The van der Waals surface area contributed by atoms with E-state index in [1.807, 2.05) is 0 Å². The van der Waals surface area contributed by atoms with Crippen molar-refractivity contribution in [1.29, 1.82) is 0 Å². The maximum absolute atomic E-state index is 12.8. The zero-order valence-electron chi connectivity index (χ0n) is 13.6. The summed E-state index contributed by atoms with van der Waals surface area (Å²) in [6.45, 7) is 0. The molecule has 25 heavy (non-hydrogen) atoms. The van der Waals surface area contributed by atoms with Crippen LogP contribution in [-0.2, 0) is 4.79 Å².